The molecule has 1 N–H and O–H groups in total. The van der Waals surface area contributed by atoms with E-state index >= 15 is 0 Å². The highest BCUT2D eigenvalue weighted by molar-refractivity contribution is 9.10. The molecule has 0 heterocycles. The number of phenols is 1. The molecule has 0 amide bonds. The Morgan fingerprint density at radius 1 is 1.56 bits per heavy atom. The quantitative estimate of drug-likeness (QED) is 0.668. The second kappa shape index (κ2) is 5.14. The lowest BCUT2D eigenvalue weighted by Gasteiger charge is -2.15. The summed E-state index contributed by atoms with van der Waals surface area (Å²) in [6.07, 6.45) is 3.01. The van der Waals surface area contributed by atoms with Gasteiger partial charge in [-0.2, -0.15) is 0 Å². The monoisotopic (exact) mass is 310 g/mol. The van der Waals surface area contributed by atoms with Crippen molar-refractivity contribution in [2.45, 2.75) is 25.2 Å². The molecule has 96 valence electrons. The van der Waals surface area contributed by atoms with Gasteiger partial charge < -0.3 is 9.84 Å². The van der Waals surface area contributed by atoms with Gasteiger partial charge in [-0.15, -0.1) is 0 Å². The number of hydrogen-bond donors (Lipinski definition) is 1. The van der Waals surface area contributed by atoms with E-state index in [1.165, 1.54) is 7.11 Å². The lowest BCUT2D eigenvalue weighted by molar-refractivity contribution is 0.0600. The summed E-state index contributed by atoms with van der Waals surface area (Å²) in [5, 5.41) is 10.1. The number of hydrogen-bond acceptors (Lipinski definition) is 3. The number of esters is 1. The summed E-state index contributed by atoms with van der Waals surface area (Å²) < 4.78 is 5.23. The van der Waals surface area contributed by atoms with Gasteiger partial charge in [0.15, 0.2) is 0 Å². The summed E-state index contributed by atoms with van der Waals surface area (Å²) in [4.78, 5) is 11.6. The third-order valence-electron chi connectivity index (χ3n) is 3.37. The van der Waals surface area contributed by atoms with E-state index in [0.717, 1.165) is 30.4 Å². The highest BCUT2D eigenvalue weighted by Crippen LogP contribution is 2.44. The molecule has 1 unspecified atom stereocenters. The van der Waals surface area contributed by atoms with E-state index in [1.54, 1.807) is 12.1 Å². The van der Waals surface area contributed by atoms with Gasteiger partial charge in [-0.3, -0.25) is 0 Å². The van der Waals surface area contributed by atoms with E-state index in [9.17, 15) is 9.90 Å². The van der Waals surface area contributed by atoms with Crippen molar-refractivity contribution in [1.82, 2.24) is 0 Å². The molecule has 18 heavy (non-hydrogen) atoms. The van der Waals surface area contributed by atoms with Gasteiger partial charge >= 0.3 is 5.97 Å². The van der Waals surface area contributed by atoms with Gasteiger partial charge in [0, 0.05) is 11.5 Å². The van der Waals surface area contributed by atoms with Crippen molar-refractivity contribution in [1.29, 1.82) is 0 Å². The van der Waals surface area contributed by atoms with Crippen LogP contribution < -0.4 is 0 Å². The van der Waals surface area contributed by atoms with Crippen LogP contribution in [-0.4, -0.2) is 18.2 Å². The van der Waals surface area contributed by atoms with E-state index in [2.05, 4.69) is 22.5 Å². The van der Waals surface area contributed by atoms with Crippen molar-refractivity contribution in [2.75, 3.05) is 7.11 Å². The van der Waals surface area contributed by atoms with Crippen molar-refractivity contribution in [3.8, 4) is 5.75 Å². The number of methoxy groups -OCH3 is 1. The fourth-order valence-corrected chi connectivity index (χ4v) is 2.88. The Hall–Kier alpha value is -1.29. The van der Waals surface area contributed by atoms with Gasteiger partial charge in [-0.25, -0.2) is 4.79 Å². The molecule has 1 aliphatic rings. The van der Waals surface area contributed by atoms with Gasteiger partial charge in [0.1, 0.15) is 5.75 Å². The highest BCUT2D eigenvalue weighted by Gasteiger charge is 2.26. The summed E-state index contributed by atoms with van der Waals surface area (Å²) in [6.45, 7) is 4.03. The summed E-state index contributed by atoms with van der Waals surface area (Å²) in [7, 11) is 1.34. The molecule has 0 aliphatic heterocycles. The average molecular weight is 311 g/mol. The van der Waals surface area contributed by atoms with Gasteiger partial charge in [0.05, 0.1) is 17.1 Å². The molecule has 4 heteroatoms. The van der Waals surface area contributed by atoms with E-state index in [4.69, 9.17) is 4.74 Å². The minimum Gasteiger partial charge on any atom is -0.506 e. The van der Waals surface area contributed by atoms with Crippen molar-refractivity contribution in [3.05, 3.63) is 39.9 Å². The van der Waals surface area contributed by atoms with Gasteiger partial charge in [-0.05, 0) is 47.3 Å². The van der Waals surface area contributed by atoms with Gasteiger partial charge in [0.25, 0.3) is 0 Å². The number of rotatable bonds is 2. The zero-order valence-electron chi connectivity index (χ0n) is 10.2. The smallest absolute Gasteiger partial charge is 0.337 e. The minimum atomic E-state index is -0.402. The molecular weight excluding hydrogens is 296 g/mol. The maximum atomic E-state index is 11.6. The number of benzene rings is 1. The Balaban J connectivity index is 2.48. The summed E-state index contributed by atoms with van der Waals surface area (Å²) in [5.41, 5.74) is 2.31. The summed E-state index contributed by atoms with van der Waals surface area (Å²) >= 11 is 3.27. The molecule has 2 rings (SSSR count). The van der Waals surface area contributed by atoms with E-state index in [0.29, 0.717) is 10.0 Å². The van der Waals surface area contributed by atoms with Crippen LogP contribution in [0, 0.1) is 0 Å². The lowest BCUT2D eigenvalue weighted by atomic mass is 9.92. The van der Waals surface area contributed by atoms with Gasteiger partial charge in [0.2, 0.25) is 0 Å². The number of carbonyl (C=O) groups excluding carboxylic acids is 1. The summed E-state index contributed by atoms with van der Waals surface area (Å²) in [6, 6.07) is 3.27. The zero-order valence-corrected chi connectivity index (χ0v) is 11.8. The molecule has 0 spiro atoms. The molecule has 0 bridgehead atoms. The molecular formula is C14H15BrO3. The molecule has 1 atom stereocenters. The first kappa shape index (κ1) is 13.1. The molecule has 0 saturated heterocycles. The largest absolute Gasteiger partial charge is 0.506 e. The van der Waals surface area contributed by atoms with Crippen LogP contribution in [-0.2, 0) is 4.74 Å². The molecule has 0 radical (unpaired) electrons. The highest BCUT2D eigenvalue weighted by atomic mass is 79.9. The first-order valence-corrected chi connectivity index (χ1v) is 6.62. The lowest BCUT2D eigenvalue weighted by Crippen LogP contribution is -2.04. The first-order chi connectivity index (χ1) is 8.54. The molecule has 1 saturated carbocycles. The Labute approximate surface area is 115 Å². The van der Waals surface area contributed by atoms with E-state index < -0.39 is 5.97 Å². The van der Waals surface area contributed by atoms with Crippen LogP contribution in [0.25, 0.3) is 0 Å². The summed E-state index contributed by atoms with van der Waals surface area (Å²) in [5.74, 6) is -0.0813. The second-order valence-corrected chi connectivity index (χ2v) is 5.34. The fourth-order valence-electron chi connectivity index (χ4n) is 2.41. The van der Waals surface area contributed by atoms with E-state index in [1.807, 2.05) is 0 Å². The van der Waals surface area contributed by atoms with Crippen LogP contribution in [0.1, 0.15) is 41.1 Å². The van der Waals surface area contributed by atoms with Crippen molar-refractivity contribution in [3.63, 3.8) is 0 Å². The molecule has 0 aromatic heterocycles. The van der Waals surface area contributed by atoms with E-state index in [-0.39, 0.29) is 11.7 Å². The van der Waals surface area contributed by atoms with Crippen LogP contribution in [0.4, 0.5) is 0 Å². The molecule has 1 aliphatic carbocycles. The minimum absolute atomic E-state index is 0.130. The molecule has 3 nitrogen and oxygen atoms in total. The second-order valence-electron chi connectivity index (χ2n) is 4.49. The van der Waals surface area contributed by atoms with Crippen LogP contribution >= 0.6 is 15.9 Å². The maximum absolute atomic E-state index is 11.6. The first-order valence-electron chi connectivity index (χ1n) is 5.83. The SMILES string of the molecule is C=C1CCCC1c1cc(C(=O)OC)cc(Br)c1O. The Bertz CT molecular complexity index is 508. The normalized spacial score (nSPS) is 19.0. The third kappa shape index (κ3) is 2.29. The Morgan fingerprint density at radius 3 is 2.83 bits per heavy atom. The predicted octanol–water partition coefficient (Wildman–Crippen LogP) is 3.77. The zero-order chi connectivity index (χ0) is 13.3. The van der Waals surface area contributed by atoms with Crippen LogP contribution in [0.5, 0.6) is 5.75 Å². The number of ether oxygens (including phenoxy) is 1. The number of phenolic OH excluding ortho intramolecular Hbond substituents is 1. The number of allylic oxidation sites excluding steroid dienone is 1. The van der Waals surface area contributed by atoms with Crippen molar-refractivity contribution < 1.29 is 14.6 Å². The topological polar surface area (TPSA) is 46.5 Å². The van der Waals surface area contributed by atoms with Crippen molar-refractivity contribution >= 4 is 21.9 Å². The maximum Gasteiger partial charge on any atom is 0.337 e. The van der Waals surface area contributed by atoms with Gasteiger partial charge in [-0.1, -0.05) is 12.2 Å². The number of carbonyl (C=O) groups is 1. The molecule has 1 aromatic rings. The predicted molar refractivity (Wildman–Crippen MR) is 72.9 cm³/mol. The average Bonchev–Trinajstić information content (AvgIpc) is 2.77. The standard InChI is InChI=1S/C14H15BrO3/c1-8-4-3-5-10(8)11-6-9(14(17)18-2)7-12(15)13(11)16/h6-7,10,16H,1,3-5H2,2H3. The van der Waals surface area contributed by atoms with Crippen molar-refractivity contribution in [2.24, 2.45) is 0 Å². The van der Waals surface area contributed by atoms with Crippen LogP contribution in [0.2, 0.25) is 0 Å². The number of halogens is 1. The third-order valence-corrected chi connectivity index (χ3v) is 3.98. The van der Waals surface area contributed by atoms with Crippen LogP contribution in [0.3, 0.4) is 0 Å². The Kier molecular flexibility index (Phi) is 3.76. The fraction of sp³-hybridized carbons (Fsp3) is 0.357. The molecule has 1 aromatic carbocycles. The van der Waals surface area contributed by atoms with Crippen LogP contribution in [0.15, 0.2) is 28.8 Å². The molecule has 1 fully saturated rings. The number of aromatic hydroxyl groups is 1. The Morgan fingerprint density at radius 2 is 2.28 bits per heavy atom.